The molecule has 2 aromatic heterocycles. The van der Waals surface area contributed by atoms with E-state index < -0.39 is 0 Å². The van der Waals surface area contributed by atoms with Crippen LogP contribution in [-0.4, -0.2) is 40.1 Å². The van der Waals surface area contributed by atoms with Gasteiger partial charge in [-0.3, -0.25) is 4.79 Å². The summed E-state index contributed by atoms with van der Waals surface area (Å²) in [6, 6.07) is 8.12. The second-order valence-corrected chi connectivity index (χ2v) is 6.77. The number of carbonyl (C=O) groups excluding carboxylic acids is 1. The van der Waals surface area contributed by atoms with Crippen molar-refractivity contribution in [3.8, 4) is 0 Å². The average molecular weight is 326 g/mol. The summed E-state index contributed by atoms with van der Waals surface area (Å²) in [5.41, 5.74) is 0.913. The summed E-state index contributed by atoms with van der Waals surface area (Å²) in [5.74, 6) is 2.44. The molecule has 3 heterocycles. The van der Waals surface area contributed by atoms with Crippen LogP contribution in [0.4, 0.5) is 5.82 Å². The first kappa shape index (κ1) is 15.2. The lowest BCUT2D eigenvalue weighted by molar-refractivity contribution is -0.133. The third kappa shape index (κ3) is 3.13. The number of aromatic nitrogens is 2. The predicted molar refractivity (Wildman–Crippen MR) is 89.5 cm³/mol. The molecule has 6 heteroatoms. The summed E-state index contributed by atoms with van der Waals surface area (Å²) in [6.07, 6.45) is 4.49. The lowest BCUT2D eigenvalue weighted by Crippen LogP contribution is -2.43. The first-order valence-electron chi connectivity index (χ1n) is 8.60. The van der Waals surface area contributed by atoms with Gasteiger partial charge in [0.15, 0.2) is 0 Å². The minimum Gasteiger partial charge on any atom is -0.469 e. The molecule has 0 radical (unpaired) electrons. The van der Waals surface area contributed by atoms with Gasteiger partial charge in [0.05, 0.1) is 12.0 Å². The molecule has 1 aliphatic heterocycles. The van der Waals surface area contributed by atoms with E-state index in [1.165, 1.54) is 0 Å². The Bertz CT molecular complexity index is 690. The second-order valence-electron chi connectivity index (χ2n) is 6.77. The third-order valence-corrected chi connectivity index (χ3v) is 4.97. The van der Waals surface area contributed by atoms with Crippen LogP contribution in [0, 0.1) is 12.8 Å². The molecule has 0 aromatic carbocycles. The maximum atomic E-state index is 12.6. The van der Waals surface area contributed by atoms with Crippen LogP contribution in [0.15, 0.2) is 34.9 Å². The van der Waals surface area contributed by atoms with E-state index in [0.29, 0.717) is 6.04 Å². The van der Waals surface area contributed by atoms with Crippen molar-refractivity contribution in [3.63, 3.8) is 0 Å². The number of likely N-dealkylation sites (tertiary alicyclic amines) is 1. The van der Waals surface area contributed by atoms with Gasteiger partial charge in [-0.1, -0.05) is 0 Å². The molecule has 2 aromatic rings. The van der Waals surface area contributed by atoms with E-state index in [-0.39, 0.29) is 17.7 Å². The molecule has 1 saturated carbocycles. The van der Waals surface area contributed by atoms with Gasteiger partial charge < -0.3 is 14.6 Å². The molecule has 6 nitrogen and oxygen atoms in total. The van der Waals surface area contributed by atoms with E-state index in [4.69, 9.17) is 4.42 Å². The van der Waals surface area contributed by atoms with E-state index in [0.717, 1.165) is 49.6 Å². The number of anilines is 1. The van der Waals surface area contributed by atoms with Crippen LogP contribution in [-0.2, 0) is 4.79 Å². The first-order valence-corrected chi connectivity index (χ1v) is 8.60. The van der Waals surface area contributed by atoms with Crippen molar-refractivity contribution in [2.24, 2.45) is 5.92 Å². The fourth-order valence-electron chi connectivity index (χ4n) is 3.45. The van der Waals surface area contributed by atoms with Gasteiger partial charge >= 0.3 is 0 Å². The molecule has 2 unspecified atom stereocenters. The molecule has 4 rings (SSSR count). The van der Waals surface area contributed by atoms with Gasteiger partial charge in [0.2, 0.25) is 5.91 Å². The van der Waals surface area contributed by atoms with Crippen LogP contribution in [0.2, 0.25) is 0 Å². The molecule has 1 amide bonds. The second kappa shape index (κ2) is 6.26. The van der Waals surface area contributed by atoms with Crippen molar-refractivity contribution in [3.05, 3.63) is 42.0 Å². The summed E-state index contributed by atoms with van der Waals surface area (Å²) < 4.78 is 5.42. The van der Waals surface area contributed by atoms with Gasteiger partial charge in [-0.05, 0) is 50.5 Å². The van der Waals surface area contributed by atoms with E-state index in [9.17, 15) is 4.79 Å². The SMILES string of the molecule is Cc1ccc(NC2CCN(C(=O)C3CC3c3ccco3)CC2)nn1. The Morgan fingerprint density at radius 2 is 2.08 bits per heavy atom. The molecular weight excluding hydrogens is 304 g/mol. The van der Waals surface area contributed by atoms with Gasteiger partial charge in [-0.25, -0.2) is 0 Å². The summed E-state index contributed by atoms with van der Waals surface area (Å²) in [7, 11) is 0. The summed E-state index contributed by atoms with van der Waals surface area (Å²) in [4.78, 5) is 14.6. The van der Waals surface area contributed by atoms with Crippen molar-refractivity contribution in [2.45, 2.75) is 38.1 Å². The number of furan rings is 1. The molecule has 2 fully saturated rings. The van der Waals surface area contributed by atoms with Gasteiger partial charge in [0.1, 0.15) is 11.6 Å². The van der Waals surface area contributed by atoms with Crippen LogP contribution in [0.25, 0.3) is 0 Å². The standard InChI is InChI=1S/C18H22N4O2/c1-12-4-5-17(21-20-12)19-13-6-8-22(9-7-13)18(23)15-11-14(15)16-3-2-10-24-16/h2-5,10,13-15H,6-9,11H2,1H3,(H,19,21). The highest BCUT2D eigenvalue weighted by Gasteiger charge is 2.47. The molecule has 1 aliphatic carbocycles. The molecule has 1 saturated heterocycles. The number of aryl methyl sites for hydroxylation is 1. The minimum absolute atomic E-state index is 0.114. The van der Waals surface area contributed by atoms with Crippen LogP contribution >= 0.6 is 0 Å². The maximum Gasteiger partial charge on any atom is 0.226 e. The number of piperidine rings is 1. The molecule has 0 bridgehead atoms. The van der Waals surface area contributed by atoms with Gasteiger partial charge in [0.25, 0.3) is 0 Å². The summed E-state index contributed by atoms with van der Waals surface area (Å²) in [6.45, 7) is 3.53. The molecule has 0 spiro atoms. The highest BCUT2D eigenvalue weighted by atomic mass is 16.3. The Hall–Kier alpha value is -2.37. The molecule has 1 N–H and O–H groups in total. The zero-order valence-electron chi connectivity index (χ0n) is 13.8. The molecule has 2 aliphatic rings. The third-order valence-electron chi connectivity index (χ3n) is 4.97. The first-order chi connectivity index (χ1) is 11.7. The summed E-state index contributed by atoms with van der Waals surface area (Å²) >= 11 is 0. The number of rotatable bonds is 4. The fraction of sp³-hybridized carbons (Fsp3) is 0.500. The quantitative estimate of drug-likeness (QED) is 0.935. The number of amides is 1. The van der Waals surface area contributed by atoms with E-state index >= 15 is 0 Å². The Labute approximate surface area is 141 Å². The smallest absolute Gasteiger partial charge is 0.226 e. The van der Waals surface area contributed by atoms with Crippen molar-refractivity contribution in [2.75, 3.05) is 18.4 Å². The zero-order chi connectivity index (χ0) is 16.5. The number of nitrogens with one attached hydrogen (secondary N) is 1. The Kier molecular flexibility index (Phi) is 3.96. The van der Waals surface area contributed by atoms with Gasteiger partial charge in [-0.2, -0.15) is 5.10 Å². The Morgan fingerprint density at radius 1 is 1.25 bits per heavy atom. The van der Waals surface area contributed by atoms with Crippen LogP contribution in [0.5, 0.6) is 0 Å². The molecule has 126 valence electrons. The van der Waals surface area contributed by atoms with Crippen molar-refractivity contribution in [1.29, 1.82) is 0 Å². The minimum atomic E-state index is 0.114. The normalized spacial score (nSPS) is 24.0. The number of hydrogen-bond acceptors (Lipinski definition) is 5. The van der Waals surface area contributed by atoms with Gasteiger partial charge in [0, 0.05) is 31.0 Å². The van der Waals surface area contributed by atoms with Crippen LogP contribution < -0.4 is 5.32 Å². The van der Waals surface area contributed by atoms with Crippen molar-refractivity contribution in [1.82, 2.24) is 15.1 Å². The van der Waals surface area contributed by atoms with Crippen molar-refractivity contribution < 1.29 is 9.21 Å². The lowest BCUT2D eigenvalue weighted by atomic mass is 10.0. The number of carbonyl (C=O) groups is 1. The lowest BCUT2D eigenvalue weighted by Gasteiger charge is -2.32. The predicted octanol–water partition coefficient (Wildman–Crippen LogP) is 2.58. The monoisotopic (exact) mass is 326 g/mol. The zero-order valence-corrected chi connectivity index (χ0v) is 13.8. The van der Waals surface area contributed by atoms with E-state index in [2.05, 4.69) is 15.5 Å². The summed E-state index contributed by atoms with van der Waals surface area (Å²) in [5, 5.41) is 11.6. The largest absolute Gasteiger partial charge is 0.469 e. The van der Waals surface area contributed by atoms with E-state index in [1.807, 2.05) is 36.1 Å². The van der Waals surface area contributed by atoms with Crippen molar-refractivity contribution >= 4 is 11.7 Å². The highest BCUT2D eigenvalue weighted by molar-refractivity contribution is 5.83. The topological polar surface area (TPSA) is 71.3 Å². The number of hydrogen-bond donors (Lipinski definition) is 1. The fourth-order valence-corrected chi connectivity index (χ4v) is 3.45. The molecule has 2 atom stereocenters. The maximum absolute atomic E-state index is 12.6. The highest BCUT2D eigenvalue weighted by Crippen LogP contribution is 2.48. The number of nitrogens with zero attached hydrogens (tertiary/aromatic N) is 3. The van der Waals surface area contributed by atoms with E-state index in [1.54, 1.807) is 6.26 Å². The Morgan fingerprint density at radius 3 is 2.75 bits per heavy atom. The average Bonchev–Trinajstić information content (AvgIpc) is 3.22. The Balaban J connectivity index is 1.27. The van der Waals surface area contributed by atoms with Gasteiger partial charge in [-0.15, -0.1) is 5.10 Å². The van der Waals surface area contributed by atoms with Crippen LogP contribution in [0.3, 0.4) is 0 Å². The molecular formula is C18H22N4O2. The van der Waals surface area contributed by atoms with Crippen LogP contribution in [0.1, 0.15) is 36.6 Å². The molecule has 24 heavy (non-hydrogen) atoms.